The van der Waals surface area contributed by atoms with E-state index < -0.39 is 16.0 Å². The topological polar surface area (TPSA) is 76.6 Å². The van der Waals surface area contributed by atoms with E-state index in [-0.39, 0.29) is 28.4 Å². The van der Waals surface area contributed by atoms with Gasteiger partial charge in [-0.25, -0.2) is 13.4 Å². The second kappa shape index (κ2) is 7.35. The molecule has 1 aromatic heterocycles. The van der Waals surface area contributed by atoms with Gasteiger partial charge in [0.15, 0.2) is 8.68 Å². The van der Waals surface area contributed by atoms with Crippen molar-refractivity contribution in [1.82, 2.24) is 9.29 Å². The van der Waals surface area contributed by atoms with Gasteiger partial charge in [0.2, 0.25) is 0 Å². The summed E-state index contributed by atoms with van der Waals surface area (Å²) in [5.41, 5.74) is 0.338. The standard InChI is InChI=1S/C11H17ClN2O4S2/c1-4-6-14(7-9(15)18-5-2)20(16,17)10-8(3)13-11(12)19-10/h4-7H2,1-3H3. The van der Waals surface area contributed by atoms with Crippen LogP contribution in [0.3, 0.4) is 0 Å². The summed E-state index contributed by atoms with van der Waals surface area (Å²) in [6, 6.07) is 0. The molecule has 0 amide bonds. The van der Waals surface area contributed by atoms with Crippen LogP contribution >= 0.6 is 22.9 Å². The molecule has 6 nitrogen and oxygen atoms in total. The van der Waals surface area contributed by atoms with Gasteiger partial charge in [0, 0.05) is 6.54 Å². The van der Waals surface area contributed by atoms with Crippen LogP contribution in [-0.2, 0) is 19.6 Å². The van der Waals surface area contributed by atoms with E-state index in [0.717, 1.165) is 15.6 Å². The summed E-state index contributed by atoms with van der Waals surface area (Å²) < 4.78 is 31.2. The molecule has 1 aromatic rings. The van der Waals surface area contributed by atoms with Crippen LogP contribution in [-0.4, -0.2) is 43.4 Å². The van der Waals surface area contributed by atoms with Crippen LogP contribution in [0.5, 0.6) is 0 Å². The average molecular weight is 341 g/mol. The molecule has 0 bridgehead atoms. The van der Waals surface area contributed by atoms with Crippen LogP contribution in [0.2, 0.25) is 4.47 Å². The fourth-order valence-corrected chi connectivity index (χ4v) is 4.94. The number of rotatable bonds is 7. The Bertz CT molecular complexity index is 571. The molecule has 0 saturated carbocycles. The zero-order valence-corrected chi connectivity index (χ0v) is 13.9. The summed E-state index contributed by atoms with van der Waals surface area (Å²) in [6.45, 7) is 5.22. The number of hydrogen-bond donors (Lipinski definition) is 0. The molecule has 0 aliphatic heterocycles. The number of aryl methyl sites for hydroxylation is 1. The lowest BCUT2D eigenvalue weighted by Crippen LogP contribution is -2.37. The maximum Gasteiger partial charge on any atom is 0.321 e. The maximum atomic E-state index is 12.5. The molecule has 9 heteroatoms. The highest BCUT2D eigenvalue weighted by atomic mass is 35.5. The Labute approximate surface area is 127 Å². The summed E-state index contributed by atoms with van der Waals surface area (Å²) in [7, 11) is -3.78. The monoisotopic (exact) mass is 340 g/mol. The number of thiazole rings is 1. The highest BCUT2D eigenvalue weighted by molar-refractivity contribution is 7.91. The van der Waals surface area contributed by atoms with Crippen molar-refractivity contribution in [2.75, 3.05) is 19.7 Å². The highest BCUT2D eigenvalue weighted by Gasteiger charge is 2.30. The normalized spacial score (nSPS) is 11.8. The molecular formula is C11H17ClN2O4S2. The Morgan fingerprint density at radius 2 is 2.10 bits per heavy atom. The predicted molar refractivity (Wildman–Crippen MR) is 77.5 cm³/mol. The number of hydrogen-bond acceptors (Lipinski definition) is 6. The van der Waals surface area contributed by atoms with Crippen LogP contribution in [0.1, 0.15) is 26.0 Å². The van der Waals surface area contributed by atoms with E-state index in [9.17, 15) is 13.2 Å². The summed E-state index contributed by atoms with van der Waals surface area (Å²) in [6.07, 6.45) is 0.588. The molecule has 0 radical (unpaired) electrons. The molecular weight excluding hydrogens is 324 g/mol. The molecule has 114 valence electrons. The molecule has 0 N–H and O–H groups in total. The number of nitrogens with zero attached hydrogens (tertiary/aromatic N) is 2. The number of esters is 1. The minimum absolute atomic E-state index is 0.0697. The Hall–Kier alpha value is -0.700. The summed E-state index contributed by atoms with van der Waals surface area (Å²) >= 11 is 6.63. The minimum atomic E-state index is -3.78. The maximum absolute atomic E-state index is 12.5. The highest BCUT2D eigenvalue weighted by Crippen LogP contribution is 2.29. The zero-order chi connectivity index (χ0) is 15.3. The first-order chi connectivity index (χ1) is 9.32. The molecule has 0 aliphatic rings. The lowest BCUT2D eigenvalue weighted by Gasteiger charge is -2.19. The van der Waals surface area contributed by atoms with Gasteiger partial charge < -0.3 is 4.74 Å². The van der Waals surface area contributed by atoms with Crippen LogP contribution in [0.25, 0.3) is 0 Å². The Morgan fingerprint density at radius 1 is 1.45 bits per heavy atom. The zero-order valence-electron chi connectivity index (χ0n) is 11.6. The van der Waals surface area contributed by atoms with Crippen molar-refractivity contribution < 1.29 is 17.9 Å². The lowest BCUT2D eigenvalue weighted by atomic mass is 10.5. The molecule has 0 aromatic carbocycles. The van der Waals surface area contributed by atoms with Crippen molar-refractivity contribution in [3.63, 3.8) is 0 Å². The second-order valence-corrected chi connectivity index (χ2v) is 7.70. The van der Waals surface area contributed by atoms with E-state index in [0.29, 0.717) is 12.1 Å². The van der Waals surface area contributed by atoms with E-state index in [4.69, 9.17) is 16.3 Å². The smallest absolute Gasteiger partial charge is 0.321 e. The number of carbonyl (C=O) groups excluding carboxylic acids is 1. The van der Waals surface area contributed by atoms with Crippen LogP contribution in [0.4, 0.5) is 0 Å². The molecule has 0 saturated heterocycles. The number of carbonyl (C=O) groups is 1. The van der Waals surface area contributed by atoms with Gasteiger partial charge in [-0.2, -0.15) is 4.31 Å². The van der Waals surface area contributed by atoms with E-state index in [1.807, 2.05) is 6.92 Å². The third-order valence-electron chi connectivity index (χ3n) is 2.39. The SMILES string of the molecule is CCCN(CC(=O)OCC)S(=O)(=O)c1sc(Cl)nc1C. The third-order valence-corrected chi connectivity index (χ3v) is 6.08. The summed E-state index contributed by atoms with van der Waals surface area (Å²) in [5, 5.41) is 0. The third kappa shape index (κ3) is 4.15. The van der Waals surface area contributed by atoms with Gasteiger partial charge in [0.25, 0.3) is 10.0 Å². The van der Waals surface area contributed by atoms with Gasteiger partial charge in [-0.1, -0.05) is 29.9 Å². The fraction of sp³-hybridized carbons (Fsp3) is 0.636. The van der Waals surface area contributed by atoms with Gasteiger partial charge >= 0.3 is 5.97 Å². The number of aromatic nitrogens is 1. The minimum Gasteiger partial charge on any atom is -0.465 e. The first kappa shape index (κ1) is 17.4. The van der Waals surface area contributed by atoms with E-state index >= 15 is 0 Å². The Kier molecular flexibility index (Phi) is 6.38. The van der Waals surface area contributed by atoms with Crippen LogP contribution in [0, 0.1) is 6.92 Å². The number of ether oxygens (including phenoxy) is 1. The Balaban J connectivity index is 3.06. The molecule has 0 aliphatic carbocycles. The van der Waals surface area contributed by atoms with E-state index in [2.05, 4.69) is 4.98 Å². The van der Waals surface area contributed by atoms with Crippen LogP contribution in [0.15, 0.2) is 4.21 Å². The van der Waals surface area contributed by atoms with Crippen LogP contribution < -0.4 is 0 Å². The predicted octanol–water partition coefficient (Wildman–Crippen LogP) is 2.07. The van der Waals surface area contributed by atoms with Crippen molar-refractivity contribution in [1.29, 1.82) is 0 Å². The number of halogens is 1. The molecule has 1 heterocycles. The van der Waals surface area contributed by atoms with Crippen molar-refractivity contribution in [3.8, 4) is 0 Å². The Morgan fingerprint density at radius 3 is 2.55 bits per heavy atom. The summed E-state index contributed by atoms with van der Waals surface area (Å²) in [5.74, 6) is -0.571. The molecule has 20 heavy (non-hydrogen) atoms. The van der Waals surface area contributed by atoms with Gasteiger partial charge in [-0.15, -0.1) is 0 Å². The first-order valence-corrected chi connectivity index (χ1v) is 8.75. The number of sulfonamides is 1. The lowest BCUT2D eigenvalue weighted by molar-refractivity contribution is -0.143. The largest absolute Gasteiger partial charge is 0.465 e. The van der Waals surface area contributed by atoms with Gasteiger partial charge in [-0.3, -0.25) is 4.79 Å². The molecule has 0 fully saturated rings. The molecule has 1 rings (SSSR count). The quantitative estimate of drug-likeness (QED) is 0.710. The van der Waals surface area contributed by atoms with Gasteiger partial charge in [0.05, 0.1) is 12.3 Å². The van der Waals surface area contributed by atoms with Crippen molar-refractivity contribution in [3.05, 3.63) is 10.2 Å². The van der Waals surface area contributed by atoms with Gasteiger partial charge in [0.1, 0.15) is 6.54 Å². The molecule has 0 spiro atoms. The van der Waals surface area contributed by atoms with E-state index in [1.165, 1.54) is 0 Å². The summed E-state index contributed by atoms with van der Waals surface area (Å²) in [4.78, 5) is 15.4. The van der Waals surface area contributed by atoms with Crippen molar-refractivity contribution in [2.45, 2.75) is 31.4 Å². The van der Waals surface area contributed by atoms with Gasteiger partial charge in [-0.05, 0) is 20.3 Å². The molecule has 0 unspecified atom stereocenters. The van der Waals surface area contributed by atoms with E-state index in [1.54, 1.807) is 13.8 Å². The second-order valence-electron chi connectivity index (χ2n) is 3.98. The average Bonchev–Trinajstić information content (AvgIpc) is 2.69. The fourth-order valence-electron chi connectivity index (χ4n) is 1.59. The van der Waals surface area contributed by atoms with Crippen molar-refractivity contribution in [2.24, 2.45) is 0 Å². The first-order valence-electron chi connectivity index (χ1n) is 6.11. The van der Waals surface area contributed by atoms with Crippen molar-refractivity contribution >= 4 is 38.9 Å². The molecule has 0 atom stereocenters.